The van der Waals surface area contributed by atoms with Crippen molar-refractivity contribution in [2.24, 2.45) is 0 Å². The smallest absolute Gasteiger partial charge is 0.227 e. The molecule has 98 valence electrons. The molecular weight excluding hydrogens is 236 g/mol. The van der Waals surface area contributed by atoms with Crippen LogP contribution < -0.4 is 5.32 Å². The Labute approximate surface area is 113 Å². The maximum absolute atomic E-state index is 12.2. The first-order valence-corrected chi connectivity index (χ1v) is 6.44. The minimum Gasteiger partial charge on any atom is -0.347 e. The van der Waals surface area contributed by atoms with E-state index in [1.807, 2.05) is 62.4 Å². The van der Waals surface area contributed by atoms with Crippen LogP contribution in [-0.2, 0) is 4.79 Å². The predicted octanol–water partition coefficient (Wildman–Crippen LogP) is 3.06. The fourth-order valence-electron chi connectivity index (χ4n) is 1.94. The molecule has 19 heavy (non-hydrogen) atoms. The number of aromatic nitrogens is 1. The van der Waals surface area contributed by atoms with E-state index in [0.29, 0.717) is 0 Å². The number of hydrogen-bond acceptors (Lipinski definition) is 2. The highest BCUT2D eigenvalue weighted by Gasteiger charge is 2.17. The lowest BCUT2D eigenvalue weighted by molar-refractivity contribution is -0.122. The van der Waals surface area contributed by atoms with Gasteiger partial charge in [-0.25, -0.2) is 0 Å². The molecule has 0 unspecified atom stereocenters. The first kappa shape index (κ1) is 13.3. The summed E-state index contributed by atoms with van der Waals surface area (Å²) >= 11 is 0. The summed E-state index contributed by atoms with van der Waals surface area (Å²) in [6.45, 7) is 3.85. The molecule has 0 saturated carbocycles. The SMILES string of the molecule is C[C@H](C(=O)N[C@H](C)c1ccccn1)c1ccccc1. The molecule has 0 bridgehead atoms. The number of carbonyl (C=O) groups is 1. The zero-order valence-electron chi connectivity index (χ0n) is 11.2. The van der Waals surface area contributed by atoms with E-state index in [0.717, 1.165) is 11.3 Å². The zero-order valence-corrected chi connectivity index (χ0v) is 11.2. The van der Waals surface area contributed by atoms with Crippen molar-refractivity contribution in [1.29, 1.82) is 0 Å². The highest BCUT2D eigenvalue weighted by Crippen LogP contribution is 2.16. The molecule has 1 amide bonds. The van der Waals surface area contributed by atoms with Crippen LogP contribution in [-0.4, -0.2) is 10.9 Å². The van der Waals surface area contributed by atoms with Crippen LogP contribution >= 0.6 is 0 Å². The molecular formula is C16H18N2O. The first-order valence-electron chi connectivity index (χ1n) is 6.44. The van der Waals surface area contributed by atoms with Gasteiger partial charge < -0.3 is 5.32 Å². The van der Waals surface area contributed by atoms with Gasteiger partial charge >= 0.3 is 0 Å². The van der Waals surface area contributed by atoms with Gasteiger partial charge in [0.15, 0.2) is 0 Å². The molecule has 2 atom stereocenters. The zero-order chi connectivity index (χ0) is 13.7. The fourth-order valence-corrected chi connectivity index (χ4v) is 1.94. The molecule has 3 nitrogen and oxygen atoms in total. The van der Waals surface area contributed by atoms with Crippen LogP contribution in [0.1, 0.15) is 37.1 Å². The van der Waals surface area contributed by atoms with Crippen molar-refractivity contribution in [3.05, 3.63) is 66.0 Å². The van der Waals surface area contributed by atoms with Crippen LogP contribution in [0, 0.1) is 0 Å². The van der Waals surface area contributed by atoms with E-state index < -0.39 is 0 Å². The number of hydrogen-bond donors (Lipinski definition) is 1. The van der Waals surface area contributed by atoms with E-state index in [2.05, 4.69) is 10.3 Å². The second-order valence-electron chi connectivity index (χ2n) is 4.62. The molecule has 3 heteroatoms. The lowest BCUT2D eigenvalue weighted by Crippen LogP contribution is -2.30. The Morgan fingerprint density at radius 2 is 1.74 bits per heavy atom. The minimum atomic E-state index is -0.160. The van der Waals surface area contributed by atoms with Crippen LogP contribution in [0.5, 0.6) is 0 Å². The van der Waals surface area contributed by atoms with Gasteiger partial charge in [-0.2, -0.15) is 0 Å². The summed E-state index contributed by atoms with van der Waals surface area (Å²) in [6, 6.07) is 15.4. The normalized spacial score (nSPS) is 13.6. The third kappa shape index (κ3) is 3.41. The Kier molecular flexibility index (Phi) is 4.29. The molecule has 2 rings (SSSR count). The first-order chi connectivity index (χ1) is 9.18. The van der Waals surface area contributed by atoms with Crippen molar-refractivity contribution in [3.63, 3.8) is 0 Å². The lowest BCUT2D eigenvalue weighted by atomic mass is 10.00. The second kappa shape index (κ2) is 6.14. The molecule has 0 fully saturated rings. The Balaban J connectivity index is 2.02. The van der Waals surface area contributed by atoms with Gasteiger partial charge in [0.25, 0.3) is 0 Å². The van der Waals surface area contributed by atoms with E-state index in [4.69, 9.17) is 0 Å². The topological polar surface area (TPSA) is 42.0 Å². The highest BCUT2D eigenvalue weighted by atomic mass is 16.1. The highest BCUT2D eigenvalue weighted by molar-refractivity contribution is 5.83. The van der Waals surface area contributed by atoms with Crippen molar-refractivity contribution in [3.8, 4) is 0 Å². The van der Waals surface area contributed by atoms with Crippen LogP contribution in [0.3, 0.4) is 0 Å². The van der Waals surface area contributed by atoms with Gasteiger partial charge in [0.2, 0.25) is 5.91 Å². The number of nitrogens with zero attached hydrogens (tertiary/aromatic N) is 1. The maximum atomic E-state index is 12.2. The van der Waals surface area contributed by atoms with Crippen LogP contribution in [0.25, 0.3) is 0 Å². The van der Waals surface area contributed by atoms with Crippen molar-refractivity contribution in [2.45, 2.75) is 25.8 Å². The van der Waals surface area contributed by atoms with Crippen LogP contribution in [0.2, 0.25) is 0 Å². The summed E-state index contributed by atoms with van der Waals surface area (Å²) in [6.07, 6.45) is 1.73. The number of rotatable bonds is 4. The largest absolute Gasteiger partial charge is 0.347 e. The van der Waals surface area contributed by atoms with Crippen molar-refractivity contribution < 1.29 is 4.79 Å². The standard InChI is InChI=1S/C16H18N2O/c1-12(14-8-4-3-5-9-14)16(19)18-13(2)15-10-6-7-11-17-15/h3-13H,1-2H3,(H,18,19)/t12-,13+/m0/s1. The molecule has 1 aromatic heterocycles. The molecule has 0 spiro atoms. The van der Waals surface area contributed by atoms with Crippen molar-refractivity contribution in [2.75, 3.05) is 0 Å². The number of benzene rings is 1. The fraction of sp³-hybridized carbons (Fsp3) is 0.250. The van der Waals surface area contributed by atoms with E-state index in [1.165, 1.54) is 0 Å². The summed E-state index contributed by atoms with van der Waals surface area (Å²) < 4.78 is 0. The number of pyridine rings is 1. The predicted molar refractivity (Wildman–Crippen MR) is 75.7 cm³/mol. The molecule has 0 radical (unpaired) electrons. The van der Waals surface area contributed by atoms with Gasteiger partial charge in [-0.15, -0.1) is 0 Å². The van der Waals surface area contributed by atoms with Gasteiger partial charge in [0, 0.05) is 6.20 Å². The van der Waals surface area contributed by atoms with Crippen LogP contribution in [0.4, 0.5) is 0 Å². The van der Waals surface area contributed by atoms with E-state index in [9.17, 15) is 4.79 Å². The van der Waals surface area contributed by atoms with Gasteiger partial charge in [-0.05, 0) is 31.5 Å². The molecule has 0 aliphatic carbocycles. The third-order valence-electron chi connectivity index (χ3n) is 3.18. The number of carbonyl (C=O) groups excluding carboxylic acids is 1. The number of amides is 1. The molecule has 0 aliphatic rings. The van der Waals surface area contributed by atoms with Gasteiger partial charge in [0.1, 0.15) is 0 Å². The Morgan fingerprint density at radius 3 is 2.37 bits per heavy atom. The maximum Gasteiger partial charge on any atom is 0.227 e. The molecule has 1 heterocycles. The number of nitrogens with one attached hydrogen (secondary N) is 1. The van der Waals surface area contributed by atoms with E-state index in [-0.39, 0.29) is 17.9 Å². The minimum absolute atomic E-state index is 0.0179. The van der Waals surface area contributed by atoms with Crippen molar-refractivity contribution >= 4 is 5.91 Å². The van der Waals surface area contributed by atoms with Crippen molar-refractivity contribution in [1.82, 2.24) is 10.3 Å². The average molecular weight is 254 g/mol. The van der Waals surface area contributed by atoms with E-state index >= 15 is 0 Å². The second-order valence-corrected chi connectivity index (χ2v) is 4.62. The summed E-state index contributed by atoms with van der Waals surface area (Å²) in [5.74, 6) is -0.142. The molecule has 0 aliphatic heterocycles. The third-order valence-corrected chi connectivity index (χ3v) is 3.18. The Morgan fingerprint density at radius 1 is 1.05 bits per heavy atom. The van der Waals surface area contributed by atoms with Gasteiger partial charge in [-0.1, -0.05) is 36.4 Å². The summed E-state index contributed by atoms with van der Waals surface area (Å²) in [4.78, 5) is 16.4. The summed E-state index contributed by atoms with van der Waals surface area (Å²) in [7, 11) is 0. The monoisotopic (exact) mass is 254 g/mol. The van der Waals surface area contributed by atoms with Crippen LogP contribution in [0.15, 0.2) is 54.7 Å². The Bertz CT molecular complexity index is 525. The average Bonchev–Trinajstić information content (AvgIpc) is 2.48. The molecule has 0 saturated heterocycles. The summed E-state index contributed by atoms with van der Waals surface area (Å²) in [5.41, 5.74) is 1.89. The lowest BCUT2D eigenvalue weighted by Gasteiger charge is -2.17. The summed E-state index contributed by atoms with van der Waals surface area (Å²) in [5, 5.41) is 2.99. The van der Waals surface area contributed by atoms with Gasteiger partial charge in [-0.3, -0.25) is 9.78 Å². The molecule has 1 aromatic carbocycles. The molecule has 2 aromatic rings. The quantitative estimate of drug-likeness (QED) is 0.911. The Hall–Kier alpha value is -2.16. The van der Waals surface area contributed by atoms with Gasteiger partial charge in [0.05, 0.1) is 17.7 Å². The van der Waals surface area contributed by atoms with E-state index in [1.54, 1.807) is 6.20 Å². The molecule has 1 N–H and O–H groups in total.